The van der Waals surface area contributed by atoms with E-state index in [0.29, 0.717) is 0 Å². The van der Waals surface area contributed by atoms with Crippen LogP contribution in [0.4, 0.5) is 0 Å². The molecule has 0 N–H and O–H groups in total. The number of amidine groups is 1. The Morgan fingerprint density at radius 1 is 1.33 bits per heavy atom. The van der Waals surface area contributed by atoms with Gasteiger partial charge in [-0.1, -0.05) is 24.8 Å². The van der Waals surface area contributed by atoms with Crippen molar-refractivity contribution in [3.63, 3.8) is 0 Å². The van der Waals surface area contributed by atoms with E-state index in [9.17, 15) is 0 Å². The van der Waals surface area contributed by atoms with E-state index in [0.717, 1.165) is 17.1 Å². The third kappa shape index (κ3) is 2.02. The molecule has 62 valence electrons. The number of hydrogen-bond acceptors (Lipinski definition) is 1. The Kier molecular flexibility index (Phi) is 2.75. The lowest BCUT2D eigenvalue weighted by Crippen LogP contribution is -2.01. The van der Waals surface area contributed by atoms with Gasteiger partial charge in [0.2, 0.25) is 0 Å². The molecule has 1 rings (SSSR count). The van der Waals surface area contributed by atoms with Crippen LogP contribution in [0.5, 0.6) is 0 Å². The number of rotatable bonds is 0. The minimum atomic E-state index is 0.770. The third-order valence-electron chi connectivity index (χ3n) is 1.60. The van der Waals surface area contributed by atoms with Crippen LogP contribution >= 0.6 is 0 Å². The Bertz CT molecular complexity index is 304. The van der Waals surface area contributed by atoms with Gasteiger partial charge in [-0.05, 0) is 18.6 Å². The number of allylic oxidation sites excluding steroid dienone is 5. The molecule has 0 aromatic heterocycles. The van der Waals surface area contributed by atoms with Gasteiger partial charge >= 0.3 is 0 Å². The first kappa shape index (κ1) is 8.65. The van der Waals surface area contributed by atoms with Gasteiger partial charge in [-0.15, -0.1) is 0 Å². The summed E-state index contributed by atoms with van der Waals surface area (Å²) in [6.07, 6.45) is 7.75. The Morgan fingerprint density at radius 3 is 2.58 bits per heavy atom. The summed E-state index contributed by atoms with van der Waals surface area (Å²) in [5.41, 5.74) is 1.82. The maximum absolute atomic E-state index is 4.26. The summed E-state index contributed by atoms with van der Waals surface area (Å²) in [6, 6.07) is 0. The summed E-state index contributed by atoms with van der Waals surface area (Å²) in [6.45, 7) is 5.73. The lowest BCUT2D eigenvalue weighted by atomic mass is 10.1. The van der Waals surface area contributed by atoms with Crippen LogP contribution in [0.15, 0.2) is 46.4 Å². The van der Waals surface area contributed by atoms with E-state index in [4.69, 9.17) is 0 Å². The van der Waals surface area contributed by atoms with Gasteiger partial charge in [0.25, 0.3) is 0 Å². The summed E-state index contributed by atoms with van der Waals surface area (Å²) in [7, 11) is 1.73. The van der Waals surface area contributed by atoms with Crippen LogP contribution in [-0.2, 0) is 0 Å². The molecule has 0 aromatic carbocycles. The number of nitrogens with zero attached hydrogens (tertiary/aromatic N) is 2. The van der Waals surface area contributed by atoms with E-state index in [2.05, 4.69) is 16.6 Å². The zero-order valence-electron chi connectivity index (χ0n) is 7.41. The predicted octanol–water partition coefficient (Wildman–Crippen LogP) is 2.16. The van der Waals surface area contributed by atoms with Crippen LogP contribution in [0.1, 0.15) is 6.92 Å². The minimum Gasteiger partial charge on any atom is -0.274 e. The molecule has 1 aliphatic carbocycles. The highest BCUT2D eigenvalue weighted by Crippen LogP contribution is 2.05. The fourth-order valence-corrected chi connectivity index (χ4v) is 0.844. The largest absolute Gasteiger partial charge is 0.274 e. The van der Waals surface area contributed by atoms with Crippen molar-refractivity contribution in [2.75, 3.05) is 7.05 Å². The predicted molar refractivity (Wildman–Crippen MR) is 53.9 cm³/mol. The summed E-state index contributed by atoms with van der Waals surface area (Å²) >= 11 is 0. The minimum absolute atomic E-state index is 0.770. The van der Waals surface area contributed by atoms with Gasteiger partial charge in [-0.3, -0.25) is 4.99 Å². The smallest absolute Gasteiger partial charge is 0.120 e. The van der Waals surface area contributed by atoms with Crippen LogP contribution in [-0.4, -0.2) is 18.6 Å². The first-order valence-electron chi connectivity index (χ1n) is 3.80. The van der Waals surface area contributed by atoms with Crippen molar-refractivity contribution in [1.29, 1.82) is 0 Å². The van der Waals surface area contributed by atoms with E-state index < -0.39 is 0 Å². The second kappa shape index (κ2) is 3.81. The fourth-order valence-electron chi connectivity index (χ4n) is 0.844. The summed E-state index contributed by atoms with van der Waals surface area (Å²) in [5, 5.41) is 0. The van der Waals surface area contributed by atoms with Crippen LogP contribution in [0, 0.1) is 0 Å². The average Bonchev–Trinajstić information content (AvgIpc) is 2.09. The van der Waals surface area contributed by atoms with Crippen LogP contribution in [0.2, 0.25) is 0 Å². The van der Waals surface area contributed by atoms with Gasteiger partial charge in [0.15, 0.2) is 0 Å². The number of hydrogen-bond donors (Lipinski definition) is 0. The molecule has 12 heavy (non-hydrogen) atoms. The summed E-state index contributed by atoms with van der Waals surface area (Å²) < 4.78 is 0. The first-order valence-corrected chi connectivity index (χ1v) is 3.80. The van der Waals surface area contributed by atoms with E-state index in [1.165, 1.54) is 0 Å². The first-order chi connectivity index (χ1) is 5.74. The molecule has 0 unspecified atom stereocenters. The Balaban J connectivity index is 2.89. The van der Waals surface area contributed by atoms with Crippen LogP contribution < -0.4 is 0 Å². The molecule has 0 aliphatic heterocycles. The Labute approximate surface area is 72.7 Å². The molecule has 0 heterocycles. The second-order valence-electron chi connectivity index (χ2n) is 2.51. The molecule has 0 atom stereocenters. The van der Waals surface area contributed by atoms with Gasteiger partial charge in [-0.2, -0.15) is 0 Å². The van der Waals surface area contributed by atoms with Gasteiger partial charge in [0.05, 0.1) is 5.71 Å². The standard InChI is InChI=1S/C10H12N2/c1-8-6-4-5-7-10(8)12-9(2)11-3/h4-7H,1H2,2-3H3/b11-9-,12-10-. The normalized spacial score (nSPS) is 20.7. The summed E-state index contributed by atoms with van der Waals surface area (Å²) in [4.78, 5) is 8.21. The fraction of sp³-hybridized carbons (Fsp3) is 0.200. The van der Waals surface area contributed by atoms with E-state index in [-0.39, 0.29) is 0 Å². The van der Waals surface area contributed by atoms with Crippen molar-refractivity contribution in [3.05, 3.63) is 36.5 Å². The molecule has 0 saturated heterocycles. The van der Waals surface area contributed by atoms with Crippen molar-refractivity contribution in [2.24, 2.45) is 9.98 Å². The van der Waals surface area contributed by atoms with Gasteiger partial charge in [0.1, 0.15) is 5.84 Å². The molecular weight excluding hydrogens is 148 g/mol. The molecule has 0 amide bonds. The molecule has 0 bridgehead atoms. The van der Waals surface area contributed by atoms with Crippen molar-refractivity contribution >= 4 is 11.5 Å². The topological polar surface area (TPSA) is 24.7 Å². The number of aliphatic imine (C=N–C) groups is 2. The SMILES string of the molecule is C=C1C=CC=C/C1=N/C(C)=N\C. The molecule has 2 heteroatoms. The molecule has 0 spiro atoms. The Hall–Kier alpha value is -1.44. The molecule has 0 radical (unpaired) electrons. The maximum atomic E-state index is 4.26. The zero-order chi connectivity index (χ0) is 8.97. The molecular formula is C10H12N2. The monoisotopic (exact) mass is 160 g/mol. The highest BCUT2D eigenvalue weighted by molar-refractivity contribution is 6.15. The molecule has 0 saturated carbocycles. The van der Waals surface area contributed by atoms with Crippen molar-refractivity contribution < 1.29 is 0 Å². The van der Waals surface area contributed by atoms with E-state index in [1.807, 2.05) is 31.2 Å². The van der Waals surface area contributed by atoms with Gasteiger partial charge in [0, 0.05) is 7.05 Å². The highest BCUT2D eigenvalue weighted by Gasteiger charge is 2.00. The van der Waals surface area contributed by atoms with Crippen molar-refractivity contribution in [1.82, 2.24) is 0 Å². The molecule has 0 aromatic rings. The Morgan fingerprint density at radius 2 is 2.00 bits per heavy atom. The lowest BCUT2D eigenvalue weighted by Gasteiger charge is -2.03. The van der Waals surface area contributed by atoms with Crippen molar-refractivity contribution in [2.45, 2.75) is 6.92 Å². The van der Waals surface area contributed by atoms with E-state index >= 15 is 0 Å². The average molecular weight is 160 g/mol. The molecule has 1 aliphatic rings. The lowest BCUT2D eigenvalue weighted by molar-refractivity contribution is 1.38. The molecule has 2 nitrogen and oxygen atoms in total. The highest BCUT2D eigenvalue weighted by atomic mass is 14.9. The van der Waals surface area contributed by atoms with E-state index in [1.54, 1.807) is 7.05 Å². The zero-order valence-corrected chi connectivity index (χ0v) is 7.41. The van der Waals surface area contributed by atoms with Crippen molar-refractivity contribution in [3.8, 4) is 0 Å². The maximum Gasteiger partial charge on any atom is 0.120 e. The van der Waals surface area contributed by atoms with Gasteiger partial charge < -0.3 is 0 Å². The summed E-state index contributed by atoms with van der Waals surface area (Å²) in [5.74, 6) is 0.770. The third-order valence-corrected chi connectivity index (χ3v) is 1.60. The van der Waals surface area contributed by atoms with Gasteiger partial charge in [-0.25, -0.2) is 4.99 Å². The van der Waals surface area contributed by atoms with Crippen LogP contribution in [0.3, 0.4) is 0 Å². The molecule has 0 fully saturated rings. The van der Waals surface area contributed by atoms with Crippen LogP contribution in [0.25, 0.3) is 0 Å². The second-order valence-corrected chi connectivity index (χ2v) is 2.51. The quantitative estimate of drug-likeness (QED) is 0.383.